The van der Waals surface area contributed by atoms with Crippen LogP contribution < -0.4 is 0 Å². The van der Waals surface area contributed by atoms with Crippen molar-refractivity contribution in [1.29, 1.82) is 0 Å². The van der Waals surface area contributed by atoms with Gasteiger partial charge in [-0.05, 0) is 49.5 Å². The van der Waals surface area contributed by atoms with E-state index >= 15 is 0 Å². The van der Waals surface area contributed by atoms with Crippen molar-refractivity contribution in [3.8, 4) is 0 Å². The van der Waals surface area contributed by atoms with Crippen molar-refractivity contribution in [2.45, 2.75) is 32.1 Å². The van der Waals surface area contributed by atoms with E-state index in [-0.39, 0.29) is 5.41 Å². The minimum atomic E-state index is -0.529. The number of hydrogen-bond acceptors (Lipinski definition) is 2. The molecular weight excluding hydrogens is 196 g/mol. The molecule has 3 heteroatoms. The molecule has 2 bridgehead atoms. The van der Waals surface area contributed by atoms with E-state index < -0.39 is 5.97 Å². The summed E-state index contributed by atoms with van der Waals surface area (Å²) < 4.78 is 0. The molecule has 2 saturated carbocycles. The normalized spacial score (nSPS) is 40.4. The fourth-order valence-corrected chi connectivity index (χ4v) is 3.97. The van der Waals surface area contributed by atoms with E-state index in [1.165, 1.54) is 12.8 Å². The Morgan fingerprint density at radius 3 is 2.79 bits per heavy atom. The van der Waals surface area contributed by atoms with Crippen molar-refractivity contribution < 1.29 is 9.90 Å². The third-order valence-electron chi connectivity index (χ3n) is 4.15. The Morgan fingerprint density at radius 1 is 1.57 bits per heavy atom. The van der Waals surface area contributed by atoms with Crippen LogP contribution in [0.2, 0.25) is 0 Å². The number of thioether (sulfide) groups is 1. The minimum Gasteiger partial charge on any atom is -0.481 e. The second-order valence-electron chi connectivity index (χ2n) is 4.78. The molecule has 2 nitrogen and oxygen atoms in total. The maximum atomic E-state index is 11.4. The lowest BCUT2D eigenvalue weighted by atomic mass is 9.71. The molecule has 0 aromatic rings. The summed E-state index contributed by atoms with van der Waals surface area (Å²) >= 11 is 1.77. The summed E-state index contributed by atoms with van der Waals surface area (Å²) in [5, 5.41) is 9.40. The van der Waals surface area contributed by atoms with Gasteiger partial charge in [-0.15, -0.1) is 0 Å². The molecule has 2 aliphatic rings. The first-order chi connectivity index (χ1) is 6.69. The Bertz CT molecular complexity index is 241. The summed E-state index contributed by atoms with van der Waals surface area (Å²) in [4.78, 5) is 11.4. The maximum Gasteiger partial charge on any atom is 0.309 e. The zero-order valence-corrected chi connectivity index (χ0v) is 9.48. The van der Waals surface area contributed by atoms with Crippen LogP contribution in [0.1, 0.15) is 32.1 Å². The van der Waals surface area contributed by atoms with E-state index in [1.54, 1.807) is 11.8 Å². The first-order valence-corrected chi connectivity index (χ1v) is 6.81. The predicted octanol–water partition coefficient (Wildman–Crippen LogP) is 2.63. The molecule has 14 heavy (non-hydrogen) atoms. The summed E-state index contributed by atoms with van der Waals surface area (Å²) in [6, 6.07) is 0. The van der Waals surface area contributed by atoms with Gasteiger partial charge < -0.3 is 5.11 Å². The van der Waals surface area contributed by atoms with Crippen molar-refractivity contribution in [2.75, 3.05) is 12.0 Å². The highest BCUT2D eigenvalue weighted by Crippen LogP contribution is 2.57. The lowest BCUT2D eigenvalue weighted by molar-refractivity contribution is -0.152. The minimum absolute atomic E-state index is 0.341. The van der Waals surface area contributed by atoms with Crippen LogP contribution in [0.5, 0.6) is 0 Å². The van der Waals surface area contributed by atoms with Gasteiger partial charge in [0, 0.05) is 0 Å². The van der Waals surface area contributed by atoms with Crippen LogP contribution in [0.25, 0.3) is 0 Å². The molecule has 2 aliphatic carbocycles. The average Bonchev–Trinajstić information content (AvgIpc) is 2.74. The third-order valence-corrected chi connectivity index (χ3v) is 4.77. The monoisotopic (exact) mass is 214 g/mol. The summed E-state index contributed by atoms with van der Waals surface area (Å²) in [5.41, 5.74) is -0.341. The molecule has 0 saturated heterocycles. The number of fused-ring (bicyclic) bond motifs is 2. The molecule has 0 aliphatic heterocycles. The summed E-state index contributed by atoms with van der Waals surface area (Å²) in [6.45, 7) is 0. The van der Waals surface area contributed by atoms with E-state index in [1.807, 2.05) is 0 Å². The molecule has 0 aromatic heterocycles. The Morgan fingerprint density at radius 2 is 2.36 bits per heavy atom. The van der Waals surface area contributed by atoms with Crippen molar-refractivity contribution in [3.63, 3.8) is 0 Å². The van der Waals surface area contributed by atoms with Gasteiger partial charge in [0.25, 0.3) is 0 Å². The van der Waals surface area contributed by atoms with Crippen LogP contribution in [-0.2, 0) is 4.79 Å². The largest absolute Gasteiger partial charge is 0.481 e. The lowest BCUT2D eigenvalue weighted by Crippen LogP contribution is -2.37. The molecule has 2 fully saturated rings. The number of rotatable bonds is 4. The molecule has 0 amide bonds. The van der Waals surface area contributed by atoms with Crippen LogP contribution in [0, 0.1) is 17.3 Å². The van der Waals surface area contributed by atoms with Gasteiger partial charge in [0.05, 0.1) is 5.41 Å². The standard InChI is InChI=1S/C11H18O2S/c1-14-5-4-11(10(12)13)7-8-2-3-9(11)6-8/h8-9H,2-7H2,1H3,(H,12,13). The van der Waals surface area contributed by atoms with Gasteiger partial charge in [0.1, 0.15) is 0 Å². The number of carboxylic acids is 1. The van der Waals surface area contributed by atoms with Crippen LogP contribution in [0.3, 0.4) is 0 Å². The van der Waals surface area contributed by atoms with E-state index in [4.69, 9.17) is 0 Å². The molecule has 2 rings (SSSR count). The topological polar surface area (TPSA) is 37.3 Å². The fourth-order valence-electron chi connectivity index (χ4n) is 3.40. The van der Waals surface area contributed by atoms with Gasteiger partial charge in [-0.2, -0.15) is 11.8 Å². The molecule has 80 valence electrons. The van der Waals surface area contributed by atoms with E-state index in [0.717, 1.165) is 30.9 Å². The van der Waals surface area contributed by atoms with Crippen molar-refractivity contribution >= 4 is 17.7 Å². The smallest absolute Gasteiger partial charge is 0.309 e. The predicted molar refractivity (Wildman–Crippen MR) is 58.5 cm³/mol. The molecule has 0 radical (unpaired) electrons. The third kappa shape index (κ3) is 1.46. The Hall–Kier alpha value is -0.180. The van der Waals surface area contributed by atoms with Crippen molar-refractivity contribution in [1.82, 2.24) is 0 Å². The first kappa shape index (κ1) is 10.3. The van der Waals surface area contributed by atoms with Gasteiger partial charge in [0.15, 0.2) is 0 Å². The zero-order valence-electron chi connectivity index (χ0n) is 8.66. The number of carboxylic acid groups (broad SMARTS) is 1. The van der Waals surface area contributed by atoms with E-state index in [9.17, 15) is 9.90 Å². The molecule has 3 unspecified atom stereocenters. The fraction of sp³-hybridized carbons (Fsp3) is 0.909. The highest BCUT2D eigenvalue weighted by Gasteiger charge is 2.55. The Labute approximate surface area is 89.5 Å². The van der Waals surface area contributed by atoms with Gasteiger partial charge in [-0.1, -0.05) is 6.42 Å². The summed E-state index contributed by atoms with van der Waals surface area (Å²) in [6.07, 6.45) is 7.51. The van der Waals surface area contributed by atoms with E-state index in [0.29, 0.717) is 5.92 Å². The Kier molecular flexibility index (Phi) is 2.78. The molecule has 0 spiro atoms. The second kappa shape index (κ2) is 3.76. The van der Waals surface area contributed by atoms with Crippen molar-refractivity contribution in [3.05, 3.63) is 0 Å². The quantitative estimate of drug-likeness (QED) is 0.781. The molecule has 0 aromatic carbocycles. The number of carbonyl (C=O) groups is 1. The van der Waals surface area contributed by atoms with Gasteiger partial charge in [-0.3, -0.25) is 4.79 Å². The van der Waals surface area contributed by atoms with Gasteiger partial charge >= 0.3 is 5.97 Å². The highest BCUT2D eigenvalue weighted by atomic mass is 32.2. The Balaban J connectivity index is 2.11. The number of hydrogen-bond donors (Lipinski definition) is 1. The summed E-state index contributed by atoms with van der Waals surface area (Å²) in [7, 11) is 0. The van der Waals surface area contributed by atoms with E-state index in [2.05, 4.69) is 6.26 Å². The maximum absolute atomic E-state index is 11.4. The SMILES string of the molecule is CSCCC1(C(=O)O)CC2CCC1C2. The van der Waals surface area contributed by atoms with Gasteiger partial charge in [0.2, 0.25) is 0 Å². The van der Waals surface area contributed by atoms with Crippen LogP contribution in [-0.4, -0.2) is 23.1 Å². The molecular formula is C11H18O2S. The van der Waals surface area contributed by atoms with Gasteiger partial charge in [-0.25, -0.2) is 0 Å². The number of aliphatic carboxylic acids is 1. The zero-order chi connectivity index (χ0) is 10.2. The van der Waals surface area contributed by atoms with Crippen LogP contribution >= 0.6 is 11.8 Å². The molecule has 1 N–H and O–H groups in total. The molecule has 3 atom stereocenters. The lowest BCUT2D eigenvalue weighted by Gasteiger charge is -2.33. The highest BCUT2D eigenvalue weighted by molar-refractivity contribution is 7.98. The molecule has 0 heterocycles. The van der Waals surface area contributed by atoms with Crippen LogP contribution in [0.4, 0.5) is 0 Å². The average molecular weight is 214 g/mol. The second-order valence-corrected chi connectivity index (χ2v) is 5.77. The van der Waals surface area contributed by atoms with Crippen molar-refractivity contribution in [2.24, 2.45) is 17.3 Å². The summed E-state index contributed by atoms with van der Waals surface area (Å²) in [5.74, 6) is 1.67. The first-order valence-electron chi connectivity index (χ1n) is 5.41. The van der Waals surface area contributed by atoms with Crippen LogP contribution in [0.15, 0.2) is 0 Å².